The number of hydrogen-bond donors (Lipinski definition) is 0. The summed E-state index contributed by atoms with van der Waals surface area (Å²) in [5, 5.41) is 0. The molecule has 0 amide bonds. The molecule has 0 aromatic heterocycles. The van der Waals surface area contributed by atoms with Crippen LogP contribution in [-0.2, 0) is 28.6 Å². The van der Waals surface area contributed by atoms with Crippen LogP contribution in [0.15, 0.2) is 0 Å². The summed E-state index contributed by atoms with van der Waals surface area (Å²) in [6.45, 7) is 9.05. The van der Waals surface area contributed by atoms with E-state index in [1.165, 1.54) is 205 Å². The summed E-state index contributed by atoms with van der Waals surface area (Å²) in [5.41, 5.74) is 0. The van der Waals surface area contributed by atoms with Crippen molar-refractivity contribution in [1.82, 2.24) is 0 Å². The van der Waals surface area contributed by atoms with E-state index in [-0.39, 0.29) is 31.1 Å². The fourth-order valence-electron chi connectivity index (χ4n) is 8.39. The van der Waals surface area contributed by atoms with Crippen LogP contribution in [0.2, 0.25) is 0 Å². The molecule has 0 aliphatic heterocycles. The van der Waals surface area contributed by atoms with Crippen molar-refractivity contribution in [2.45, 2.75) is 316 Å². The van der Waals surface area contributed by atoms with E-state index in [9.17, 15) is 14.4 Å². The lowest BCUT2D eigenvalue weighted by Gasteiger charge is -2.18. The molecule has 0 radical (unpaired) electrons. The fourth-order valence-corrected chi connectivity index (χ4v) is 8.39. The quantitative estimate of drug-likeness (QED) is 0.0344. The molecule has 0 fully saturated rings. The van der Waals surface area contributed by atoms with E-state index in [1.807, 2.05) is 0 Å². The summed E-state index contributed by atoms with van der Waals surface area (Å²) >= 11 is 0. The van der Waals surface area contributed by atoms with E-state index in [2.05, 4.69) is 27.7 Å². The van der Waals surface area contributed by atoms with Crippen LogP contribution in [0.1, 0.15) is 310 Å². The van der Waals surface area contributed by atoms with Crippen molar-refractivity contribution in [3.8, 4) is 0 Å². The summed E-state index contributed by atoms with van der Waals surface area (Å²) in [5.74, 6) is 0.00491. The van der Waals surface area contributed by atoms with Gasteiger partial charge in [-0.15, -0.1) is 0 Å². The Hall–Kier alpha value is -1.59. The maximum Gasteiger partial charge on any atom is 0.306 e. The Morgan fingerprint density at radius 2 is 0.541 bits per heavy atom. The minimum atomic E-state index is -0.760. The first-order valence-corrected chi connectivity index (χ1v) is 27.4. The molecule has 0 rings (SSSR count). The van der Waals surface area contributed by atoms with Crippen molar-refractivity contribution in [3.05, 3.63) is 0 Å². The van der Waals surface area contributed by atoms with Crippen molar-refractivity contribution in [2.75, 3.05) is 13.2 Å². The van der Waals surface area contributed by atoms with Gasteiger partial charge in [-0.25, -0.2) is 0 Å². The van der Waals surface area contributed by atoms with Crippen molar-refractivity contribution < 1.29 is 28.6 Å². The van der Waals surface area contributed by atoms with Gasteiger partial charge in [0, 0.05) is 19.3 Å². The van der Waals surface area contributed by atoms with Crippen molar-refractivity contribution in [1.29, 1.82) is 0 Å². The van der Waals surface area contributed by atoms with Gasteiger partial charge in [-0.1, -0.05) is 272 Å². The van der Waals surface area contributed by atoms with Gasteiger partial charge in [0.15, 0.2) is 6.10 Å². The fraction of sp³-hybridized carbons (Fsp3) is 0.945. The molecule has 0 unspecified atom stereocenters. The number of esters is 3. The van der Waals surface area contributed by atoms with Gasteiger partial charge in [0.1, 0.15) is 13.2 Å². The Kier molecular flexibility index (Phi) is 48.1. The second kappa shape index (κ2) is 49.4. The third-order valence-electron chi connectivity index (χ3n) is 12.5. The van der Waals surface area contributed by atoms with Crippen LogP contribution in [0, 0.1) is 5.92 Å². The van der Waals surface area contributed by atoms with Gasteiger partial charge in [-0.2, -0.15) is 0 Å². The first kappa shape index (κ1) is 59.4. The maximum absolute atomic E-state index is 12.8. The number of carbonyl (C=O) groups excluding carboxylic acids is 3. The average Bonchev–Trinajstić information content (AvgIpc) is 3.24. The van der Waals surface area contributed by atoms with Gasteiger partial charge < -0.3 is 14.2 Å². The number of hydrogen-bond acceptors (Lipinski definition) is 6. The van der Waals surface area contributed by atoms with Crippen LogP contribution in [0.4, 0.5) is 0 Å². The van der Waals surface area contributed by atoms with E-state index in [4.69, 9.17) is 14.2 Å². The molecule has 0 aromatic rings. The second-order valence-corrected chi connectivity index (χ2v) is 19.3. The highest BCUT2D eigenvalue weighted by molar-refractivity contribution is 5.71. The summed E-state index contributed by atoms with van der Waals surface area (Å²) in [6, 6.07) is 0. The molecule has 0 aliphatic carbocycles. The monoisotopic (exact) mass is 863 g/mol. The number of unbranched alkanes of at least 4 members (excludes halogenated alkanes) is 37. The number of rotatable bonds is 50. The summed E-state index contributed by atoms with van der Waals surface area (Å²) in [6.07, 6.45) is 52.3. The zero-order valence-electron chi connectivity index (χ0n) is 41.6. The molecule has 0 N–H and O–H groups in total. The van der Waals surface area contributed by atoms with Gasteiger partial charge in [0.2, 0.25) is 0 Å². The van der Waals surface area contributed by atoms with E-state index in [1.54, 1.807) is 0 Å². The molecule has 6 heteroatoms. The minimum absolute atomic E-state index is 0.0622. The van der Waals surface area contributed by atoms with Crippen molar-refractivity contribution >= 4 is 17.9 Å². The van der Waals surface area contributed by atoms with Crippen LogP contribution in [0.3, 0.4) is 0 Å². The molecule has 0 aromatic carbocycles. The molecule has 0 spiro atoms. The number of carbonyl (C=O) groups is 3. The molecule has 0 bridgehead atoms. The molecular formula is C55H106O6. The van der Waals surface area contributed by atoms with E-state index in [0.717, 1.165) is 63.7 Å². The molecule has 0 saturated carbocycles. The molecular weight excluding hydrogens is 757 g/mol. The minimum Gasteiger partial charge on any atom is -0.462 e. The Bertz CT molecular complexity index is 918. The van der Waals surface area contributed by atoms with Crippen molar-refractivity contribution in [2.24, 2.45) is 5.92 Å². The summed E-state index contributed by atoms with van der Waals surface area (Å²) in [7, 11) is 0. The summed E-state index contributed by atoms with van der Waals surface area (Å²) in [4.78, 5) is 38.0. The molecule has 0 heterocycles. The molecule has 6 nitrogen and oxygen atoms in total. The van der Waals surface area contributed by atoms with Crippen LogP contribution in [-0.4, -0.2) is 37.2 Å². The highest BCUT2D eigenvalue weighted by Gasteiger charge is 2.19. The summed E-state index contributed by atoms with van der Waals surface area (Å²) < 4.78 is 16.8. The Morgan fingerprint density at radius 1 is 0.311 bits per heavy atom. The van der Waals surface area contributed by atoms with E-state index >= 15 is 0 Å². The van der Waals surface area contributed by atoms with Crippen LogP contribution < -0.4 is 0 Å². The third kappa shape index (κ3) is 49.3. The topological polar surface area (TPSA) is 78.9 Å². The van der Waals surface area contributed by atoms with E-state index < -0.39 is 6.10 Å². The Morgan fingerprint density at radius 3 is 0.803 bits per heavy atom. The highest BCUT2D eigenvalue weighted by atomic mass is 16.6. The van der Waals surface area contributed by atoms with E-state index in [0.29, 0.717) is 19.3 Å². The lowest BCUT2D eigenvalue weighted by molar-refractivity contribution is -0.167. The third-order valence-corrected chi connectivity index (χ3v) is 12.5. The Labute approximate surface area is 380 Å². The predicted molar refractivity (Wildman–Crippen MR) is 261 cm³/mol. The normalized spacial score (nSPS) is 12.0. The predicted octanol–water partition coefficient (Wildman–Crippen LogP) is 17.8. The lowest BCUT2D eigenvalue weighted by Crippen LogP contribution is -2.30. The van der Waals surface area contributed by atoms with Crippen LogP contribution in [0.5, 0.6) is 0 Å². The SMILES string of the molecule is CCCCCCCCCCCCCCCCCC(=O)O[C@H](COC(=O)CCCCCCCCCCCCC)COC(=O)CCCCCCCCCCCCCCCCC(C)C. The van der Waals surface area contributed by atoms with Gasteiger partial charge in [-0.3, -0.25) is 14.4 Å². The molecule has 0 aliphatic rings. The molecule has 362 valence electrons. The van der Waals surface area contributed by atoms with Gasteiger partial charge in [0.05, 0.1) is 0 Å². The molecule has 0 saturated heterocycles. The van der Waals surface area contributed by atoms with Crippen LogP contribution in [0.25, 0.3) is 0 Å². The average molecular weight is 863 g/mol. The van der Waals surface area contributed by atoms with Gasteiger partial charge in [-0.05, 0) is 25.2 Å². The number of ether oxygens (including phenoxy) is 3. The molecule has 61 heavy (non-hydrogen) atoms. The van der Waals surface area contributed by atoms with Crippen molar-refractivity contribution in [3.63, 3.8) is 0 Å². The molecule has 1 atom stereocenters. The first-order chi connectivity index (χ1) is 29.9. The van der Waals surface area contributed by atoms with Crippen LogP contribution >= 0.6 is 0 Å². The standard InChI is InChI=1S/C55H106O6/c1-5-7-9-11-13-15-17-18-19-24-28-32-36-40-44-48-55(58)61-52(49-59-53(56)46-42-38-34-30-25-16-14-12-10-8-6-2)50-60-54(57)47-43-39-35-31-27-23-21-20-22-26-29-33-37-41-45-51(3)4/h51-52H,5-50H2,1-4H3/t52-/m1/s1. The zero-order valence-corrected chi connectivity index (χ0v) is 41.6. The maximum atomic E-state index is 12.8. The second-order valence-electron chi connectivity index (χ2n) is 19.3. The highest BCUT2D eigenvalue weighted by Crippen LogP contribution is 2.17. The lowest BCUT2D eigenvalue weighted by atomic mass is 10.0. The zero-order chi connectivity index (χ0) is 44.5. The Balaban J connectivity index is 4.27. The first-order valence-electron chi connectivity index (χ1n) is 27.4. The van der Waals surface area contributed by atoms with Gasteiger partial charge >= 0.3 is 17.9 Å². The van der Waals surface area contributed by atoms with Gasteiger partial charge in [0.25, 0.3) is 0 Å². The largest absolute Gasteiger partial charge is 0.462 e. The smallest absolute Gasteiger partial charge is 0.306 e.